The van der Waals surface area contributed by atoms with E-state index in [9.17, 15) is 18.0 Å². The number of likely N-dealkylation sites (tertiary alicyclic amines) is 1. The van der Waals surface area contributed by atoms with Crippen molar-refractivity contribution in [3.63, 3.8) is 0 Å². The Morgan fingerprint density at radius 2 is 2.07 bits per heavy atom. The molecule has 0 aromatic carbocycles. The first-order chi connectivity index (χ1) is 13.7. The summed E-state index contributed by atoms with van der Waals surface area (Å²) in [7, 11) is 0. The number of hydrogen-bond acceptors (Lipinski definition) is 4. The highest BCUT2D eigenvalue weighted by molar-refractivity contribution is 5.78. The number of halogens is 3. The Kier molecular flexibility index (Phi) is 5.59. The van der Waals surface area contributed by atoms with Gasteiger partial charge in [-0.05, 0) is 36.8 Å². The van der Waals surface area contributed by atoms with Gasteiger partial charge in [0.05, 0.1) is 36.1 Å². The first-order valence-electron chi connectivity index (χ1n) is 10.4. The lowest BCUT2D eigenvalue weighted by Gasteiger charge is -2.52. The average Bonchev–Trinajstić information content (AvgIpc) is 2.84. The van der Waals surface area contributed by atoms with Gasteiger partial charge in [0, 0.05) is 32.3 Å². The lowest BCUT2D eigenvalue weighted by Crippen LogP contribution is -2.65. The minimum atomic E-state index is -4.37. The van der Waals surface area contributed by atoms with Crippen molar-refractivity contribution >= 4 is 5.91 Å². The smallest absolute Gasteiger partial charge is 0.374 e. The van der Waals surface area contributed by atoms with E-state index in [0.717, 1.165) is 38.2 Å². The van der Waals surface area contributed by atoms with Crippen molar-refractivity contribution in [3.8, 4) is 0 Å². The standard InChI is InChI=1S/C21H28F3N3O2/c1-13(2)17-12-29-18-7-8-26(10-14-3-6-19(28)27(17)20(14)18)11-16-5-4-15(9-25-16)21(22,23)24/h4-5,9,13-14,17-18,20H,3,6-8,10-12H2,1-2H3/t14-,17-,18-,20?/m1/s1. The van der Waals surface area contributed by atoms with E-state index in [1.54, 1.807) is 0 Å². The van der Waals surface area contributed by atoms with E-state index < -0.39 is 11.7 Å². The number of hydrogen-bond donors (Lipinski definition) is 0. The maximum atomic E-state index is 12.8. The number of aromatic nitrogens is 1. The molecule has 4 rings (SSSR count). The summed E-state index contributed by atoms with van der Waals surface area (Å²) in [6, 6.07) is 2.78. The fourth-order valence-corrected chi connectivity index (χ4v) is 5.05. The molecule has 1 unspecified atom stereocenters. The maximum Gasteiger partial charge on any atom is 0.417 e. The first-order valence-corrected chi connectivity index (χ1v) is 10.4. The van der Waals surface area contributed by atoms with Gasteiger partial charge in [0.1, 0.15) is 0 Å². The molecule has 0 spiro atoms. The van der Waals surface area contributed by atoms with Crippen LogP contribution >= 0.6 is 0 Å². The van der Waals surface area contributed by atoms with Crippen molar-refractivity contribution in [1.29, 1.82) is 0 Å². The molecule has 1 amide bonds. The molecular formula is C21H28F3N3O2. The van der Waals surface area contributed by atoms with E-state index in [4.69, 9.17) is 4.74 Å². The molecule has 4 heterocycles. The Hall–Kier alpha value is -1.67. The van der Waals surface area contributed by atoms with E-state index in [1.807, 2.05) is 0 Å². The minimum Gasteiger partial charge on any atom is -0.374 e. The number of pyridine rings is 1. The van der Waals surface area contributed by atoms with Crippen LogP contribution in [-0.4, -0.2) is 58.6 Å². The molecule has 0 saturated carbocycles. The molecule has 5 nitrogen and oxygen atoms in total. The van der Waals surface area contributed by atoms with Gasteiger partial charge in [-0.2, -0.15) is 13.2 Å². The van der Waals surface area contributed by atoms with Crippen molar-refractivity contribution in [3.05, 3.63) is 29.6 Å². The molecule has 0 N–H and O–H groups in total. The van der Waals surface area contributed by atoms with Gasteiger partial charge in [-0.25, -0.2) is 0 Å². The molecule has 1 aromatic rings. The number of morpholine rings is 1. The average molecular weight is 411 g/mol. The number of rotatable bonds is 3. The molecule has 3 saturated heterocycles. The summed E-state index contributed by atoms with van der Waals surface area (Å²) in [5.74, 6) is 0.890. The molecule has 1 aromatic heterocycles. The van der Waals surface area contributed by atoms with E-state index in [-0.39, 0.29) is 24.1 Å². The molecule has 8 heteroatoms. The van der Waals surface area contributed by atoms with Crippen LogP contribution in [-0.2, 0) is 22.3 Å². The SMILES string of the molecule is CC(C)[C@H]1CO[C@@H]2CCN(Cc3ccc(C(F)(F)F)cn3)C[C@H]3CCC(=O)N1C32. The summed E-state index contributed by atoms with van der Waals surface area (Å²) < 4.78 is 44.5. The zero-order chi connectivity index (χ0) is 20.8. The van der Waals surface area contributed by atoms with Crippen LogP contribution in [0.5, 0.6) is 0 Å². The van der Waals surface area contributed by atoms with Gasteiger partial charge in [0.2, 0.25) is 5.91 Å². The van der Waals surface area contributed by atoms with Crippen LogP contribution in [0.25, 0.3) is 0 Å². The molecule has 0 radical (unpaired) electrons. The monoisotopic (exact) mass is 411 g/mol. The summed E-state index contributed by atoms with van der Waals surface area (Å²) in [6.45, 7) is 6.94. The zero-order valence-corrected chi connectivity index (χ0v) is 16.9. The molecular weight excluding hydrogens is 383 g/mol. The largest absolute Gasteiger partial charge is 0.417 e. The van der Waals surface area contributed by atoms with Gasteiger partial charge in [0.15, 0.2) is 0 Å². The molecule has 3 fully saturated rings. The van der Waals surface area contributed by atoms with Crippen LogP contribution in [0, 0.1) is 11.8 Å². The fourth-order valence-electron chi connectivity index (χ4n) is 5.05. The number of carbonyl (C=O) groups is 1. The maximum absolute atomic E-state index is 12.8. The lowest BCUT2D eigenvalue weighted by atomic mass is 9.81. The van der Waals surface area contributed by atoms with Crippen LogP contribution in [0.4, 0.5) is 13.2 Å². The van der Waals surface area contributed by atoms with Crippen molar-refractivity contribution in [2.24, 2.45) is 11.8 Å². The minimum absolute atomic E-state index is 0.0322. The topological polar surface area (TPSA) is 45.7 Å². The predicted octanol–water partition coefficient (Wildman–Crippen LogP) is 3.34. The van der Waals surface area contributed by atoms with Gasteiger partial charge < -0.3 is 9.64 Å². The number of carbonyl (C=O) groups excluding carboxylic acids is 1. The highest BCUT2D eigenvalue weighted by atomic mass is 19.4. The van der Waals surface area contributed by atoms with Crippen LogP contribution in [0.3, 0.4) is 0 Å². The third-order valence-electron chi connectivity index (χ3n) is 6.57. The second-order valence-corrected chi connectivity index (χ2v) is 8.83. The van der Waals surface area contributed by atoms with Crippen LogP contribution < -0.4 is 0 Å². The van der Waals surface area contributed by atoms with Gasteiger partial charge in [0.25, 0.3) is 0 Å². The second kappa shape index (κ2) is 7.87. The lowest BCUT2D eigenvalue weighted by molar-refractivity contribution is -0.172. The zero-order valence-electron chi connectivity index (χ0n) is 16.9. The molecule has 160 valence electrons. The van der Waals surface area contributed by atoms with Gasteiger partial charge in [-0.1, -0.05) is 13.8 Å². The second-order valence-electron chi connectivity index (χ2n) is 8.83. The Morgan fingerprint density at radius 1 is 1.28 bits per heavy atom. The summed E-state index contributed by atoms with van der Waals surface area (Å²) in [5.41, 5.74) is -0.0923. The van der Waals surface area contributed by atoms with Crippen molar-refractivity contribution in [2.45, 2.75) is 64.0 Å². The summed E-state index contributed by atoms with van der Waals surface area (Å²) in [4.78, 5) is 21.1. The van der Waals surface area contributed by atoms with Crippen LogP contribution in [0.2, 0.25) is 0 Å². The summed E-state index contributed by atoms with van der Waals surface area (Å²) >= 11 is 0. The number of alkyl halides is 3. The van der Waals surface area contributed by atoms with Crippen molar-refractivity contribution in [2.75, 3.05) is 19.7 Å². The number of piperidine rings is 1. The normalized spacial score (nSPS) is 31.0. The van der Waals surface area contributed by atoms with Crippen LogP contribution in [0.15, 0.2) is 18.3 Å². The molecule has 29 heavy (non-hydrogen) atoms. The predicted molar refractivity (Wildman–Crippen MR) is 101 cm³/mol. The van der Waals surface area contributed by atoms with Gasteiger partial charge in [-0.15, -0.1) is 0 Å². The van der Waals surface area contributed by atoms with E-state index in [0.29, 0.717) is 37.1 Å². The third-order valence-corrected chi connectivity index (χ3v) is 6.57. The Balaban J connectivity index is 1.49. The third kappa shape index (κ3) is 4.14. The van der Waals surface area contributed by atoms with Crippen LogP contribution in [0.1, 0.15) is 44.4 Å². The highest BCUT2D eigenvalue weighted by Gasteiger charge is 2.49. The van der Waals surface area contributed by atoms with E-state index in [1.165, 1.54) is 6.07 Å². The van der Waals surface area contributed by atoms with Gasteiger partial charge in [-0.3, -0.25) is 14.7 Å². The van der Waals surface area contributed by atoms with E-state index >= 15 is 0 Å². The van der Waals surface area contributed by atoms with Crippen molar-refractivity contribution in [1.82, 2.24) is 14.8 Å². The number of ether oxygens (including phenoxy) is 1. The summed E-state index contributed by atoms with van der Waals surface area (Å²) in [6.07, 6.45) is -1.22. The Morgan fingerprint density at radius 3 is 2.72 bits per heavy atom. The molecule has 3 aliphatic heterocycles. The van der Waals surface area contributed by atoms with E-state index in [2.05, 4.69) is 28.6 Å². The Labute approximate surface area is 169 Å². The molecule has 0 bridgehead atoms. The first kappa shape index (κ1) is 20.6. The molecule has 3 aliphatic rings. The van der Waals surface area contributed by atoms with Gasteiger partial charge >= 0.3 is 6.18 Å². The molecule has 4 atom stereocenters. The molecule has 0 aliphatic carbocycles. The Bertz CT molecular complexity index is 738. The number of nitrogens with zero attached hydrogens (tertiary/aromatic N) is 3. The van der Waals surface area contributed by atoms with Crippen molar-refractivity contribution < 1.29 is 22.7 Å². The summed E-state index contributed by atoms with van der Waals surface area (Å²) in [5, 5.41) is 0. The highest BCUT2D eigenvalue weighted by Crippen LogP contribution is 2.38. The fraction of sp³-hybridized carbons (Fsp3) is 0.714. The quantitative estimate of drug-likeness (QED) is 0.766. The number of amides is 1.